The maximum atomic E-state index is 5.76. The molecule has 2 aliphatic rings. The van der Waals surface area contributed by atoms with Gasteiger partial charge in [-0.1, -0.05) is 12.5 Å². The van der Waals surface area contributed by atoms with Gasteiger partial charge in [-0.3, -0.25) is 0 Å². The molecule has 0 aromatic heterocycles. The van der Waals surface area contributed by atoms with Crippen molar-refractivity contribution in [2.75, 3.05) is 33.0 Å². The van der Waals surface area contributed by atoms with Gasteiger partial charge in [0.2, 0.25) is 6.79 Å². The Labute approximate surface area is 133 Å². The van der Waals surface area contributed by atoms with Crippen molar-refractivity contribution in [2.24, 2.45) is 0 Å². The third kappa shape index (κ3) is 4.62. The average molecular weight is 305 g/mol. The van der Waals surface area contributed by atoms with Gasteiger partial charge in [-0.15, -0.1) is 0 Å². The predicted molar refractivity (Wildman–Crippen MR) is 86.4 cm³/mol. The fourth-order valence-electron chi connectivity index (χ4n) is 3.12. The van der Waals surface area contributed by atoms with E-state index in [1.807, 2.05) is 18.2 Å². The summed E-state index contributed by atoms with van der Waals surface area (Å²) in [6.45, 7) is 5.71. The van der Waals surface area contributed by atoms with Crippen molar-refractivity contribution in [3.8, 4) is 11.5 Å². The number of rotatable bonds is 8. The van der Waals surface area contributed by atoms with Crippen LogP contribution in [0.15, 0.2) is 18.2 Å². The fraction of sp³-hybridized carbons (Fsp3) is 0.667. The molecule has 1 saturated heterocycles. The Balaban J connectivity index is 1.23. The summed E-state index contributed by atoms with van der Waals surface area (Å²) in [7, 11) is 0. The number of piperidine rings is 1. The second kappa shape index (κ2) is 8.39. The minimum absolute atomic E-state index is 0.330. The number of likely N-dealkylation sites (tertiary alicyclic amines) is 1. The highest BCUT2D eigenvalue weighted by molar-refractivity contribution is 5.44. The maximum Gasteiger partial charge on any atom is 0.231 e. The van der Waals surface area contributed by atoms with Crippen LogP contribution in [-0.4, -0.2) is 37.9 Å². The van der Waals surface area contributed by atoms with Crippen molar-refractivity contribution in [2.45, 2.75) is 45.1 Å². The smallest absolute Gasteiger partial charge is 0.231 e. The van der Waals surface area contributed by atoms with Crippen LogP contribution in [0.3, 0.4) is 0 Å². The molecule has 0 amide bonds. The van der Waals surface area contributed by atoms with Crippen molar-refractivity contribution >= 4 is 0 Å². The van der Waals surface area contributed by atoms with Crippen LogP contribution >= 0.6 is 0 Å². The number of fused-ring (bicyclic) bond motifs is 1. The minimum atomic E-state index is 0.330. The zero-order chi connectivity index (χ0) is 15.0. The van der Waals surface area contributed by atoms with Crippen LogP contribution in [0.5, 0.6) is 11.5 Å². The molecule has 2 aliphatic heterocycles. The number of hydrogen-bond acceptors (Lipinski definition) is 4. The van der Waals surface area contributed by atoms with Crippen LogP contribution in [0.25, 0.3) is 0 Å². The van der Waals surface area contributed by atoms with Gasteiger partial charge >= 0.3 is 0 Å². The van der Waals surface area contributed by atoms with E-state index in [0.717, 1.165) is 30.1 Å². The highest BCUT2D eigenvalue weighted by Crippen LogP contribution is 2.32. The van der Waals surface area contributed by atoms with Crippen molar-refractivity contribution in [1.82, 2.24) is 4.90 Å². The minimum Gasteiger partial charge on any atom is -0.454 e. The van der Waals surface area contributed by atoms with Gasteiger partial charge in [0.1, 0.15) is 0 Å². The zero-order valence-electron chi connectivity index (χ0n) is 13.4. The number of hydrogen-bond donors (Lipinski definition) is 0. The molecular formula is C18H27NO3. The summed E-state index contributed by atoms with van der Waals surface area (Å²) in [5, 5.41) is 0. The summed E-state index contributed by atoms with van der Waals surface area (Å²) in [6.07, 6.45) is 7.91. The molecule has 0 radical (unpaired) electrons. The molecule has 0 N–H and O–H groups in total. The number of benzene rings is 1. The van der Waals surface area contributed by atoms with E-state index in [4.69, 9.17) is 14.2 Å². The van der Waals surface area contributed by atoms with E-state index < -0.39 is 0 Å². The predicted octanol–water partition coefficient (Wildman–Crippen LogP) is 3.59. The third-order valence-corrected chi connectivity index (χ3v) is 4.42. The molecule has 4 heteroatoms. The molecule has 122 valence electrons. The Morgan fingerprint density at radius 2 is 1.82 bits per heavy atom. The normalized spacial score (nSPS) is 17.8. The summed E-state index contributed by atoms with van der Waals surface area (Å²) >= 11 is 0. The van der Waals surface area contributed by atoms with Crippen molar-refractivity contribution < 1.29 is 14.2 Å². The first-order valence-corrected chi connectivity index (χ1v) is 8.60. The van der Waals surface area contributed by atoms with E-state index in [9.17, 15) is 0 Å². The molecule has 0 atom stereocenters. The summed E-state index contributed by atoms with van der Waals surface area (Å²) in [5.74, 6) is 1.67. The molecule has 0 aliphatic carbocycles. The molecule has 1 aromatic rings. The van der Waals surface area contributed by atoms with Gasteiger partial charge in [0, 0.05) is 6.61 Å². The molecule has 1 fully saturated rings. The van der Waals surface area contributed by atoms with Crippen LogP contribution in [0.4, 0.5) is 0 Å². The largest absolute Gasteiger partial charge is 0.454 e. The number of nitrogens with zero attached hydrogens (tertiary/aromatic N) is 1. The summed E-state index contributed by atoms with van der Waals surface area (Å²) in [6, 6.07) is 6.02. The molecule has 1 aromatic carbocycles. The Morgan fingerprint density at radius 1 is 0.955 bits per heavy atom. The molecule has 0 spiro atoms. The van der Waals surface area contributed by atoms with Crippen LogP contribution in [0, 0.1) is 0 Å². The Bertz CT molecular complexity index is 458. The van der Waals surface area contributed by atoms with E-state index in [1.165, 1.54) is 51.7 Å². The van der Waals surface area contributed by atoms with E-state index in [0.29, 0.717) is 13.4 Å². The van der Waals surface area contributed by atoms with E-state index in [-0.39, 0.29) is 0 Å². The second-order valence-corrected chi connectivity index (χ2v) is 6.20. The van der Waals surface area contributed by atoms with E-state index in [1.54, 1.807) is 0 Å². The van der Waals surface area contributed by atoms with Gasteiger partial charge in [-0.25, -0.2) is 0 Å². The standard InChI is InChI=1S/C18H27NO3/c1-3-9-19(10-4-1)11-5-2-6-12-20-14-16-7-8-17-18(13-16)22-15-21-17/h7-8,13H,1-6,9-12,14-15H2. The second-order valence-electron chi connectivity index (χ2n) is 6.20. The van der Waals surface area contributed by atoms with Gasteiger partial charge in [0.05, 0.1) is 6.61 Å². The Kier molecular flexibility index (Phi) is 5.96. The van der Waals surface area contributed by atoms with Gasteiger partial charge in [-0.05, 0) is 69.4 Å². The molecular weight excluding hydrogens is 278 g/mol. The highest BCUT2D eigenvalue weighted by Gasteiger charge is 2.13. The average Bonchev–Trinajstić information content (AvgIpc) is 3.02. The summed E-state index contributed by atoms with van der Waals surface area (Å²) < 4.78 is 16.4. The topological polar surface area (TPSA) is 30.9 Å². The lowest BCUT2D eigenvalue weighted by Gasteiger charge is -2.26. The molecule has 0 unspecified atom stereocenters. The van der Waals surface area contributed by atoms with Crippen LogP contribution in [0.2, 0.25) is 0 Å². The quantitative estimate of drug-likeness (QED) is 0.687. The first-order valence-electron chi connectivity index (χ1n) is 8.60. The molecule has 0 saturated carbocycles. The summed E-state index contributed by atoms with van der Waals surface area (Å²) in [4.78, 5) is 2.61. The van der Waals surface area contributed by atoms with Crippen molar-refractivity contribution in [3.05, 3.63) is 23.8 Å². The van der Waals surface area contributed by atoms with Crippen molar-refractivity contribution in [1.29, 1.82) is 0 Å². The van der Waals surface area contributed by atoms with Gasteiger partial charge < -0.3 is 19.1 Å². The Morgan fingerprint density at radius 3 is 2.73 bits per heavy atom. The van der Waals surface area contributed by atoms with E-state index in [2.05, 4.69) is 4.90 Å². The molecule has 4 nitrogen and oxygen atoms in total. The lowest BCUT2D eigenvalue weighted by Crippen LogP contribution is -2.30. The lowest BCUT2D eigenvalue weighted by molar-refractivity contribution is 0.115. The monoisotopic (exact) mass is 305 g/mol. The van der Waals surface area contributed by atoms with Gasteiger partial charge in [0.25, 0.3) is 0 Å². The zero-order valence-corrected chi connectivity index (χ0v) is 13.4. The molecule has 0 bridgehead atoms. The molecule has 3 rings (SSSR count). The van der Waals surface area contributed by atoms with Crippen LogP contribution < -0.4 is 9.47 Å². The SMILES string of the molecule is c1cc2c(cc1COCCCCCN1CCCCC1)OCO2. The number of unbranched alkanes of at least 4 members (excludes halogenated alkanes) is 2. The first kappa shape index (κ1) is 15.6. The fourth-order valence-corrected chi connectivity index (χ4v) is 3.12. The molecule has 2 heterocycles. The Hall–Kier alpha value is -1.26. The van der Waals surface area contributed by atoms with Gasteiger partial charge in [0.15, 0.2) is 11.5 Å². The lowest BCUT2D eigenvalue weighted by atomic mass is 10.1. The summed E-state index contributed by atoms with van der Waals surface area (Å²) in [5.41, 5.74) is 1.15. The third-order valence-electron chi connectivity index (χ3n) is 4.42. The van der Waals surface area contributed by atoms with E-state index >= 15 is 0 Å². The van der Waals surface area contributed by atoms with Crippen LogP contribution in [0.1, 0.15) is 44.1 Å². The maximum absolute atomic E-state index is 5.76. The first-order chi connectivity index (χ1) is 10.9. The number of ether oxygens (including phenoxy) is 3. The van der Waals surface area contributed by atoms with Crippen LogP contribution in [-0.2, 0) is 11.3 Å². The van der Waals surface area contributed by atoms with Gasteiger partial charge in [-0.2, -0.15) is 0 Å². The molecule has 22 heavy (non-hydrogen) atoms. The highest BCUT2D eigenvalue weighted by atomic mass is 16.7. The van der Waals surface area contributed by atoms with Crippen molar-refractivity contribution in [3.63, 3.8) is 0 Å².